The maximum Gasteiger partial charge on any atom is 0.300 e. The van der Waals surface area contributed by atoms with E-state index in [0.717, 1.165) is 27.7 Å². The van der Waals surface area contributed by atoms with E-state index in [0.29, 0.717) is 0 Å². The molecule has 0 aromatic carbocycles. The summed E-state index contributed by atoms with van der Waals surface area (Å²) in [5.41, 5.74) is 0. The molecule has 0 amide bonds. The minimum atomic E-state index is -0.833. The van der Waals surface area contributed by atoms with Gasteiger partial charge in [-0.2, -0.15) is 0 Å². The molecule has 10 heteroatoms. The zero-order valence-corrected chi connectivity index (χ0v) is 12.0. The van der Waals surface area contributed by atoms with Gasteiger partial charge < -0.3 is 25.9 Å². The normalized spacial score (nSPS) is 5.56. The van der Waals surface area contributed by atoms with Crippen LogP contribution in [0, 0.1) is 0 Å². The molecule has 0 saturated carbocycles. The molecule has 0 fully saturated rings. The Bertz CT molecular complexity index is 163. The van der Waals surface area contributed by atoms with Crippen LogP contribution in [-0.4, -0.2) is 49.8 Å². The van der Waals surface area contributed by atoms with Crippen molar-refractivity contribution in [3.8, 4) is 0 Å². The Morgan fingerprint density at radius 2 is 0.556 bits per heavy atom. The Labute approximate surface area is 119 Å². The summed E-state index contributed by atoms with van der Waals surface area (Å²) in [5.74, 6) is -3.33. The zero-order valence-electron chi connectivity index (χ0n) is 10.4. The van der Waals surface area contributed by atoms with Crippen LogP contribution in [0.4, 0.5) is 0 Å². The van der Waals surface area contributed by atoms with Crippen molar-refractivity contribution in [2.24, 2.45) is 0 Å². The summed E-state index contributed by atoms with van der Waals surface area (Å²) in [6, 6.07) is 0. The number of carboxylic acids is 4. The summed E-state index contributed by atoms with van der Waals surface area (Å²) in [4.78, 5) is 36.0. The molecule has 18 heavy (non-hydrogen) atoms. The van der Waals surface area contributed by atoms with Gasteiger partial charge in [0.25, 0.3) is 23.9 Å². The molecule has 0 radical (unpaired) electrons. The SMILES string of the molecule is CC(=O)O.CC(=O)O.CC(=O)O.CC(=O)O.O.[Ti]. The van der Waals surface area contributed by atoms with Crippen molar-refractivity contribution in [2.75, 3.05) is 0 Å². The average Bonchev–Trinajstić information content (AvgIpc) is 1.76. The quantitative estimate of drug-likeness (QED) is 0.433. The van der Waals surface area contributed by atoms with Crippen LogP contribution in [0.15, 0.2) is 0 Å². The van der Waals surface area contributed by atoms with Gasteiger partial charge in [0.05, 0.1) is 0 Å². The number of aliphatic carboxylic acids is 4. The third kappa shape index (κ3) is 1280. The Morgan fingerprint density at radius 3 is 0.556 bits per heavy atom. The van der Waals surface area contributed by atoms with E-state index in [-0.39, 0.29) is 27.2 Å². The van der Waals surface area contributed by atoms with Crippen molar-refractivity contribution >= 4 is 23.9 Å². The molecule has 0 aliphatic heterocycles. The topological polar surface area (TPSA) is 181 Å². The van der Waals surface area contributed by atoms with Crippen LogP contribution in [0.25, 0.3) is 0 Å². The van der Waals surface area contributed by atoms with E-state index >= 15 is 0 Å². The van der Waals surface area contributed by atoms with Crippen molar-refractivity contribution in [2.45, 2.75) is 27.7 Å². The zero-order chi connectivity index (χ0) is 14.3. The molecule has 0 atom stereocenters. The van der Waals surface area contributed by atoms with E-state index in [1.165, 1.54) is 0 Å². The monoisotopic (exact) mass is 306 g/mol. The second kappa shape index (κ2) is 29.6. The molecule has 0 aromatic heterocycles. The standard InChI is InChI=1S/4C2H4O2.H2O.Ti/c4*1-2(3)4;;/h4*1H3,(H,3,4);1H2;. The molecule has 0 aromatic rings. The Kier molecular flexibility index (Phi) is 59.1. The molecule has 0 aliphatic carbocycles. The van der Waals surface area contributed by atoms with Gasteiger partial charge in [-0.1, -0.05) is 0 Å². The third-order valence-corrected chi connectivity index (χ3v) is 0. The smallest absolute Gasteiger partial charge is 0.300 e. The fourth-order valence-corrected chi connectivity index (χ4v) is 0. The minimum absolute atomic E-state index is 0. The van der Waals surface area contributed by atoms with Crippen molar-refractivity contribution in [1.29, 1.82) is 0 Å². The van der Waals surface area contributed by atoms with Crippen LogP contribution in [-0.2, 0) is 40.9 Å². The molecule has 9 nitrogen and oxygen atoms in total. The molecule has 0 rings (SSSR count). The van der Waals surface area contributed by atoms with Crippen LogP contribution in [0.1, 0.15) is 27.7 Å². The van der Waals surface area contributed by atoms with E-state index < -0.39 is 23.9 Å². The van der Waals surface area contributed by atoms with Gasteiger partial charge in [0.1, 0.15) is 0 Å². The summed E-state index contributed by atoms with van der Waals surface area (Å²) < 4.78 is 0. The summed E-state index contributed by atoms with van der Waals surface area (Å²) in [5, 5.41) is 29.7. The maximum atomic E-state index is 9.00. The fourth-order valence-electron chi connectivity index (χ4n) is 0. The molecular weight excluding hydrogens is 288 g/mol. The number of carbonyl (C=O) groups is 4. The van der Waals surface area contributed by atoms with Crippen LogP contribution in [0.5, 0.6) is 0 Å². The molecule has 0 saturated heterocycles. The van der Waals surface area contributed by atoms with Crippen molar-refractivity contribution in [3.63, 3.8) is 0 Å². The first-order valence-electron chi connectivity index (χ1n) is 3.71. The Balaban J connectivity index is -0.0000000257. The van der Waals surface area contributed by atoms with E-state index in [1.54, 1.807) is 0 Å². The van der Waals surface area contributed by atoms with E-state index in [9.17, 15) is 0 Å². The summed E-state index contributed by atoms with van der Waals surface area (Å²) in [6.45, 7) is 4.33. The molecule has 0 heterocycles. The van der Waals surface area contributed by atoms with Crippen molar-refractivity contribution in [1.82, 2.24) is 0 Å². The number of hydrogen-bond donors (Lipinski definition) is 4. The second-order valence-electron chi connectivity index (χ2n) is 2.08. The fraction of sp³-hybridized carbons (Fsp3) is 0.500. The first-order valence-corrected chi connectivity index (χ1v) is 3.71. The molecule has 0 bridgehead atoms. The third-order valence-electron chi connectivity index (χ3n) is 0. The predicted octanol–water partition coefficient (Wildman–Crippen LogP) is -0.464. The summed E-state index contributed by atoms with van der Waals surface area (Å²) in [6.07, 6.45) is 0. The predicted molar refractivity (Wildman–Crippen MR) is 56.9 cm³/mol. The van der Waals surface area contributed by atoms with E-state index in [1.807, 2.05) is 0 Å². The van der Waals surface area contributed by atoms with Crippen molar-refractivity contribution in [3.05, 3.63) is 0 Å². The van der Waals surface area contributed by atoms with Crippen LogP contribution < -0.4 is 0 Å². The molecule has 6 N–H and O–H groups in total. The molecule has 108 valence electrons. The second-order valence-corrected chi connectivity index (χ2v) is 2.08. The van der Waals surface area contributed by atoms with Gasteiger partial charge >= 0.3 is 0 Å². The molecule has 0 aliphatic rings. The van der Waals surface area contributed by atoms with Gasteiger partial charge in [-0.05, 0) is 0 Å². The first kappa shape index (κ1) is 36.0. The Morgan fingerprint density at radius 1 is 0.556 bits per heavy atom. The van der Waals surface area contributed by atoms with Gasteiger partial charge in [-0.15, -0.1) is 0 Å². The van der Waals surface area contributed by atoms with Crippen LogP contribution >= 0.6 is 0 Å². The summed E-state index contributed by atoms with van der Waals surface area (Å²) in [7, 11) is 0. The number of rotatable bonds is 0. The number of hydrogen-bond acceptors (Lipinski definition) is 4. The van der Waals surface area contributed by atoms with E-state index in [4.69, 9.17) is 39.6 Å². The van der Waals surface area contributed by atoms with Gasteiger partial charge in [0.2, 0.25) is 0 Å². The van der Waals surface area contributed by atoms with Gasteiger partial charge in [0, 0.05) is 49.4 Å². The first-order chi connectivity index (χ1) is 6.93. The maximum absolute atomic E-state index is 9.00. The molecule has 0 unspecified atom stereocenters. The van der Waals surface area contributed by atoms with E-state index in [2.05, 4.69) is 0 Å². The molecule has 0 spiro atoms. The van der Waals surface area contributed by atoms with Gasteiger partial charge in [0.15, 0.2) is 0 Å². The van der Waals surface area contributed by atoms with Gasteiger partial charge in [-0.3, -0.25) is 19.2 Å². The number of carboxylic acid groups (broad SMARTS) is 4. The largest absolute Gasteiger partial charge is 0.481 e. The van der Waals surface area contributed by atoms with Crippen LogP contribution in [0.2, 0.25) is 0 Å². The minimum Gasteiger partial charge on any atom is -0.481 e. The molecular formula is C8H18O9Ti. The Hall–Kier alpha value is -1.45. The van der Waals surface area contributed by atoms with Crippen LogP contribution in [0.3, 0.4) is 0 Å². The van der Waals surface area contributed by atoms with Gasteiger partial charge in [-0.25, -0.2) is 0 Å². The van der Waals surface area contributed by atoms with Crippen molar-refractivity contribution < 1.29 is 66.8 Å². The summed E-state index contributed by atoms with van der Waals surface area (Å²) >= 11 is 0. The average molecular weight is 306 g/mol.